The van der Waals surface area contributed by atoms with E-state index in [1.807, 2.05) is 42.8 Å². The topological polar surface area (TPSA) is 81.1 Å². The van der Waals surface area contributed by atoms with E-state index in [4.69, 9.17) is 4.74 Å². The maximum atomic E-state index is 12.4. The largest absolute Gasteiger partial charge is 0.493 e. The molecule has 2 aromatic rings. The Morgan fingerprint density at radius 1 is 1.31 bits per heavy atom. The van der Waals surface area contributed by atoms with Gasteiger partial charge in [-0.1, -0.05) is 23.4 Å². The third-order valence-corrected chi connectivity index (χ3v) is 4.75. The first-order valence-corrected chi connectivity index (χ1v) is 9.26. The van der Waals surface area contributed by atoms with Crippen LogP contribution in [0.25, 0.3) is 0 Å². The Morgan fingerprint density at radius 3 is 2.85 bits per heavy atom. The molecule has 0 saturated carbocycles. The molecule has 1 saturated heterocycles. The summed E-state index contributed by atoms with van der Waals surface area (Å²) in [5.74, 6) is 0.721. The highest BCUT2D eigenvalue weighted by Gasteiger charge is 2.22. The van der Waals surface area contributed by atoms with Gasteiger partial charge in [0, 0.05) is 6.54 Å². The van der Waals surface area contributed by atoms with Crippen LogP contribution in [0.4, 0.5) is 0 Å². The van der Waals surface area contributed by atoms with Crippen LogP contribution < -0.4 is 15.4 Å². The standard InChI is InChI=1S/C19H27N5O2/c1-14-6-3-4-7-17(14)26-13-5-10-21-19(25)18-15(2)24(23-22-18)16-8-11-20-12-9-16/h3-4,6-7,16,20H,5,8-13H2,1-2H3,(H,21,25). The smallest absolute Gasteiger partial charge is 0.273 e. The van der Waals surface area contributed by atoms with Gasteiger partial charge in [-0.15, -0.1) is 5.10 Å². The van der Waals surface area contributed by atoms with E-state index in [1.54, 1.807) is 0 Å². The number of aromatic nitrogens is 3. The second-order valence-corrected chi connectivity index (χ2v) is 6.67. The lowest BCUT2D eigenvalue weighted by atomic mass is 10.1. The van der Waals surface area contributed by atoms with Crippen molar-refractivity contribution in [1.82, 2.24) is 25.6 Å². The van der Waals surface area contributed by atoms with Gasteiger partial charge in [0.25, 0.3) is 5.91 Å². The summed E-state index contributed by atoms with van der Waals surface area (Å²) < 4.78 is 7.64. The number of para-hydroxylation sites is 1. The Kier molecular flexibility index (Phi) is 6.22. The summed E-state index contributed by atoms with van der Waals surface area (Å²) in [6.45, 7) is 7.00. The number of hydrogen-bond acceptors (Lipinski definition) is 5. The van der Waals surface area contributed by atoms with Crippen molar-refractivity contribution in [3.05, 3.63) is 41.2 Å². The second-order valence-electron chi connectivity index (χ2n) is 6.67. The molecule has 1 amide bonds. The number of nitrogens with zero attached hydrogens (tertiary/aromatic N) is 3. The van der Waals surface area contributed by atoms with Gasteiger partial charge in [0.15, 0.2) is 5.69 Å². The lowest BCUT2D eigenvalue weighted by Crippen LogP contribution is -2.30. The molecule has 1 fully saturated rings. The maximum Gasteiger partial charge on any atom is 0.273 e. The molecule has 7 nitrogen and oxygen atoms in total. The number of hydrogen-bond donors (Lipinski definition) is 2. The molecule has 1 aliphatic rings. The minimum atomic E-state index is -0.168. The van der Waals surface area contributed by atoms with Crippen LogP contribution in [0.5, 0.6) is 5.75 Å². The van der Waals surface area contributed by atoms with Gasteiger partial charge in [0.1, 0.15) is 5.75 Å². The fraction of sp³-hybridized carbons (Fsp3) is 0.526. The average Bonchev–Trinajstić information content (AvgIpc) is 3.05. The molecule has 7 heteroatoms. The monoisotopic (exact) mass is 357 g/mol. The molecule has 2 N–H and O–H groups in total. The fourth-order valence-electron chi connectivity index (χ4n) is 3.21. The summed E-state index contributed by atoms with van der Waals surface area (Å²) in [4.78, 5) is 12.4. The van der Waals surface area contributed by atoms with Crippen molar-refractivity contribution in [2.24, 2.45) is 0 Å². The molecule has 3 rings (SSSR count). The molecule has 26 heavy (non-hydrogen) atoms. The van der Waals surface area contributed by atoms with Crippen LogP contribution in [0.2, 0.25) is 0 Å². The maximum absolute atomic E-state index is 12.4. The van der Waals surface area contributed by atoms with Gasteiger partial charge in [-0.2, -0.15) is 0 Å². The third-order valence-electron chi connectivity index (χ3n) is 4.75. The minimum Gasteiger partial charge on any atom is -0.493 e. The van der Waals surface area contributed by atoms with Gasteiger partial charge in [-0.3, -0.25) is 4.79 Å². The molecule has 1 aromatic heterocycles. The molecular weight excluding hydrogens is 330 g/mol. The second kappa shape index (κ2) is 8.80. The Morgan fingerprint density at radius 2 is 2.08 bits per heavy atom. The Balaban J connectivity index is 1.45. The highest BCUT2D eigenvalue weighted by molar-refractivity contribution is 5.93. The molecule has 1 aliphatic heterocycles. The predicted molar refractivity (Wildman–Crippen MR) is 99.5 cm³/mol. The first kappa shape index (κ1) is 18.4. The molecule has 0 unspecified atom stereocenters. The molecule has 1 aromatic carbocycles. The number of carbonyl (C=O) groups excluding carboxylic acids is 1. The van der Waals surface area contributed by atoms with E-state index in [2.05, 4.69) is 20.9 Å². The summed E-state index contributed by atoms with van der Waals surface area (Å²) in [7, 11) is 0. The Bertz CT molecular complexity index is 737. The number of benzene rings is 1. The lowest BCUT2D eigenvalue weighted by molar-refractivity contribution is 0.0945. The van der Waals surface area contributed by atoms with Crippen LogP contribution in [0.3, 0.4) is 0 Å². The number of rotatable bonds is 7. The van der Waals surface area contributed by atoms with Gasteiger partial charge in [-0.25, -0.2) is 4.68 Å². The van der Waals surface area contributed by atoms with Crippen molar-refractivity contribution < 1.29 is 9.53 Å². The molecule has 2 heterocycles. The molecule has 0 radical (unpaired) electrons. The fourth-order valence-corrected chi connectivity index (χ4v) is 3.21. The number of nitrogens with one attached hydrogen (secondary N) is 2. The molecule has 0 aliphatic carbocycles. The van der Waals surface area contributed by atoms with Crippen molar-refractivity contribution in [1.29, 1.82) is 0 Å². The van der Waals surface area contributed by atoms with Gasteiger partial charge in [0.05, 0.1) is 18.3 Å². The zero-order valence-corrected chi connectivity index (χ0v) is 15.5. The van der Waals surface area contributed by atoms with E-state index >= 15 is 0 Å². The van der Waals surface area contributed by atoms with Crippen LogP contribution in [-0.4, -0.2) is 47.1 Å². The number of ether oxygens (including phenoxy) is 1. The van der Waals surface area contributed by atoms with Crippen molar-refractivity contribution in [3.8, 4) is 5.75 Å². The van der Waals surface area contributed by atoms with Crippen molar-refractivity contribution in [2.45, 2.75) is 39.2 Å². The Hall–Kier alpha value is -2.41. The lowest BCUT2D eigenvalue weighted by Gasteiger charge is -2.23. The molecule has 140 valence electrons. The van der Waals surface area contributed by atoms with Gasteiger partial charge >= 0.3 is 0 Å². The van der Waals surface area contributed by atoms with E-state index in [1.165, 1.54) is 0 Å². The number of aryl methyl sites for hydroxylation is 1. The van der Waals surface area contributed by atoms with Gasteiger partial charge in [0.2, 0.25) is 0 Å². The SMILES string of the molecule is Cc1ccccc1OCCCNC(=O)c1nnn(C2CCNCC2)c1C. The number of carbonyl (C=O) groups is 1. The first-order chi connectivity index (χ1) is 12.7. The highest BCUT2D eigenvalue weighted by atomic mass is 16.5. The average molecular weight is 357 g/mol. The number of amides is 1. The molecule has 0 spiro atoms. The summed E-state index contributed by atoms with van der Waals surface area (Å²) in [6.07, 6.45) is 2.77. The molecule has 0 bridgehead atoms. The predicted octanol–water partition coefficient (Wildman–Crippen LogP) is 2.02. The van der Waals surface area contributed by atoms with Crippen molar-refractivity contribution in [3.63, 3.8) is 0 Å². The van der Waals surface area contributed by atoms with E-state index in [0.29, 0.717) is 24.9 Å². The van der Waals surface area contributed by atoms with Crippen molar-refractivity contribution >= 4 is 5.91 Å². The number of piperidine rings is 1. The third kappa shape index (κ3) is 4.40. The van der Waals surface area contributed by atoms with Crippen LogP contribution in [0.1, 0.15) is 47.1 Å². The summed E-state index contributed by atoms with van der Waals surface area (Å²) in [6, 6.07) is 8.25. The molecular formula is C19H27N5O2. The van der Waals surface area contributed by atoms with E-state index in [0.717, 1.165) is 49.4 Å². The van der Waals surface area contributed by atoms with Gasteiger partial charge in [-0.05, 0) is 57.8 Å². The normalized spacial score (nSPS) is 15.0. The molecule has 0 atom stereocenters. The van der Waals surface area contributed by atoms with Crippen LogP contribution in [0.15, 0.2) is 24.3 Å². The first-order valence-electron chi connectivity index (χ1n) is 9.26. The summed E-state index contributed by atoms with van der Waals surface area (Å²) in [5.41, 5.74) is 2.37. The summed E-state index contributed by atoms with van der Waals surface area (Å²) >= 11 is 0. The zero-order chi connectivity index (χ0) is 18.4. The van der Waals surface area contributed by atoms with E-state index < -0.39 is 0 Å². The quantitative estimate of drug-likeness (QED) is 0.741. The van der Waals surface area contributed by atoms with Crippen LogP contribution in [-0.2, 0) is 0 Å². The van der Waals surface area contributed by atoms with E-state index in [9.17, 15) is 4.79 Å². The highest BCUT2D eigenvalue weighted by Crippen LogP contribution is 2.20. The van der Waals surface area contributed by atoms with Crippen LogP contribution in [0, 0.1) is 13.8 Å². The van der Waals surface area contributed by atoms with Crippen molar-refractivity contribution in [2.75, 3.05) is 26.2 Å². The van der Waals surface area contributed by atoms with Crippen LogP contribution >= 0.6 is 0 Å². The van der Waals surface area contributed by atoms with Gasteiger partial charge < -0.3 is 15.4 Å². The zero-order valence-electron chi connectivity index (χ0n) is 15.5. The summed E-state index contributed by atoms with van der Waals surface area (Å²) in [5, 5.41) is 14.6. The Labute approximate surface area is 154 Å². The van der Waals surface area contributed by atoms with E-state index in [-0.39, 0.29) is 5.91 Å². The minimum absolute atomic E-state index is 0.168.